The molecule has 0 bridgehead atoms. The quantitative estimate of drug-likeness (QED) is 0.642. The van der Waals surface area contributed by atoms with E-state index < -0.39 is 0 Å². The second kappa shape index (κ2) is 3.96. The molecule has 3 aromatic rings. The van der Waals surface area contributed by atoms with Crippen LogP contribution in [0.2, 0.25) is 0 Å². The van der Waals surface area contributed by atoms with Crippen LogP contribution in [-0.4, -0.2) is 14.5 Å². The molecule has 3 rings (SSSR count). The van der Waals surface area contributed by atoms with E-state index in [2.05, 4.69) is 51.0 Å². The van der Waals surface area contributed by atoms with Crippen molar-refractivity contribution in [3.05, 3.63) is 52.9 Å². The zero-order valence-corrected chi connectivity index (χ0v) is 10.8. The number of fused-ring (bicyclic) bond motifs is 1. The number of rotatable bonds is 1. The lowest BCUT2D eigenvalue weighted by atomic mass is 10.2. The third kappa shape index (κ3) is 1.85. The van der Waals surface area contributed by atoms with Gasteiger partial charge in [-0.15, -0.1) is 0 Å². The first kappa shape index (κ1) is 10.5. The van der Waals surface area contributed by atoms with Crippen LogP contribution in [0.4, 0.5) is 0 Å². The lowest BCUT2D eigenvalue weighted by Gasteiger charge is -2.03. The monoisotopic (exact) mass is 287 g/mol. The topological polar surface area (TPSA) is 30.7 Å². The normalized spacial score (nSPS) is 10.9. The molecule has 0 aliphatic carbocycles. The number of aromatic nitrogens is 3. The second-order valence-corrected chi connectivity index (χ2v) is 4.74. The van der Waals surface area contributed by atoms with Crippen LogP contribution < -0.4 is 0 Å². The van der Waals surface area contributed by atoms with Crippen molar-refractivity contribution in [3.63, 3.8) is 0 Å². The van der Waals surface area contributed by atoms with Crippen LogP contribution in [-0.2, 0) is 0 Å². The molecule has 1 aromatic carbocycles. The third-order valence-electron chi connectivity index (χ3n) is 2.65. The molecule has 84 valence electrons. The minimum atomic E-state index is 0.823. The first-order valence-corrected chi connectivity index (χ1v) is 6.10. The summed E-state index contributed by atoms with van der Waals surface area (Å²) in [5, 5.41) is 0. The van der Waals surface area contributed by atoms with E-state index >= 15 is 0 Å². The Hall–Kier alpha value is -1.68. The summed E-state index contributed by atoms with van der Waals surface area (Å²) in [6, 6.07) is 12.1. The maximum absolute atomic E-state index is 4.43. The van der Waals surface area contributed by atoms with Crippen LogP contribution in [0.15, 0.2) is 47.3 Å². The van der Waals surface area contributed by atoms with Crippen molar-refractivity contribution in [2.75, 3.05) is 0 Å². The molecule has 0 aliphatic heterocycles. The highest BCUT2D eigenvalue weighted by atomic mass is 79.9. The Morgan fingerprint density at radius 2 is 2.06 bits per heavy atom. The van der Waals surface area contributed by atoms with E-state index in [1.54, 1.807) is 6.33 Å². The van der Waals surface area contributed by atoms with Crippen molar-refractivity contribution in [1.82, 2.24) is 14.5 Å². The molecule has 4 heteroatoms. The van der Waals surface area contributed by atoms with Crippen molar-refractivity contribution >= 4 is 27.0 Å². The fourth-order valence-corrected chi connectivity index (χ4v) is 2.17. The maximum Gasteiger partial charge on any atom is 0.139 e. The Balaban J connectivity index is 2.24. The number of hydrogen-bond donors (Lipinski definition) is 0. The Labute approximate surface area is 107 Å². The van der Waals surface area contributed by atoms with Gasteiger partial charge in [0, 0.05) is 0 Å². The largest absolute Gasteiger partial charge is 0.283 e. The first-order chi connectivity index (χ1) is 8.24. The van der Waals surface area contributed by atoms with Gasteiger partial charge in [-0.25, -0.2) is 9.97 Å². The molecule has 17 heavy (non-hydrogen) atoms. The molecule has 2 aromatic heterocycles. The predicted molar refractivity (Wildman–Crippen MR) is 71.3 cm³/mol. The Morgan fingerprint density at radius 3 is 2.88 bits per heavy atom. The van der Waals surface area contributed by atoms with E-state index in [4.69, 9.17) is 0 Å². The predicted octanol–water partition coefficient (Wildman–Crippen LogP) is 3.49. The Morgan fingerprint density at radius 1 is 1.18 bits per heavy atom. The molecule has 0 spiro atoms. The Kier molecular flexibility index (Phi) is 2.44. The summed E-state index contributed by atoms with van der Waals surface area (Å²) in [5.41, 5.74) is 3.28. The SMILES string of the molecule is Cc1ccc2c(c1)ncn2-c1cccc(Br)n1. The van der Waals surface area contributed by atoms with Crippen molar-refractivity contribution in [2.45, 2.75) is 6.92 Å². The number of imidazole rings is 1. The van der Waals surface area contributed by atoms with E-state index in [0.29, 0.717) is 0 Å². The highest BCUT2D eigenvalue weighted by Gasteiger charge is 2.05. The average Bonchev–Trinajstić information content (AvgIpc) is 2.71. The molecule has 0 radical (unpaired) electrons. The summed E-state index contributed by atoms with van der Waals surface area (Å²) < 4.78 is 2.81. The van der Waals surface area contributed by atoms with Crippen molar-refractivity contribution in [2.24, 2.45) is 0 Å². The standard InChI is InChI=1S/C13H10BrN3/c1-9-5-6-11-10(7-9)15-8-17(11)13-4-2-3-12(14)16-13/h2-8H,1H3. The molecule has 0 saturated carbocycles. The van der Waals surface area contributed by atoms with Gasteiger partial charge >= 0.3 is 0 Å². The molecule has 0 saturated heterocycles. The third-order valence-corrected chi connectivity index (χ3v) is 3.09. The number of nitrogens with zero attached hydrogens (tertiary/aromatic N) is 3. The van der Waals surface area contributed by atoms with Crippen LogP contribution in [0.1, 0.15) is 5.56 Å². The molecule has 0 aliphatic rings. The number of pyridine rings is 1. The fraction of sp³-hybridized carbons (Fsp3) is 0.0769. The summed E-state index contributed by atoms with van der Waals surface area (Å²) in [4.78, 5) is 8.82. The van der Waals surface area contributed by atoms with Gasteiger partial charge in [-0.3, -0.25) is 4.57 Å². The highest BCUT2D eigenvalue weighted by Crippen LogP contribution is 2.19. The summed E-state index contributed by atoms with van der Waals surface area (Å²) in [6.07, 6.45) is 1.80. The minimum absolute atomic E-state index is 0.823. The van der Waals surface area contributed by atoms with Crippen molar-refractivity contribution < 1.29 is 0 Å². The lowest BCUT2D eigenvalue weighted by molar-refractivity contribution is 1.01. The number of benzene rings is 1. The van der Waals surface area contributed by atoms with Crippen molar-refractivity contribution in [3.8, 4) is 5.82 Å². The zero-order valence-electron chi connectivity index (χ0n) is 9.26. The second-order valence-electron chi connectivity index (χ2n) is 3.93. The van der Waals surface area contributed by atoms with Gasteiger partial charge in [-0.2, -0.15) is 0 Å². The number of halogens is 1. The van der Waals surface area contributed by atoms with Crippen LogP contribution >= 0.6 is 15.9 Å². The fourth-order valence-electron chi connectivity index (χ4n) is 1.84. The van der Waals surface area contributed by atoms with Gasteiger partial charge in [0.05, 0.1) is 11.0 Å². The molecule has 0 N–H and O–H groups in total. The average molecular weight is 288 g/mol. The van der Waals surface area contributed by atoms with Gasteiger partial charge in [-0.1, -0.05) is 12.1 Å². The van der Waals surface area contributed by atoms with E-state index in [9.17, 15) is 0 Å². The number of aryl methyl sites for hydroxylation is 1. The van der Waals surface area contributed by atoms with Gasteiger partial charge in [0.2, 0.25) is 0 Å². The van der Waals surface area contributed by atoms with Crippen LogP contribution in [0.25, 0.3) is 16.9 Å². The zero-order chi connectivity index (χ0) is 11.8. The van der Waals surface area contributed by atoms with E-state index in [0.717, 1.165) is 21.5 Å². The van der Waals surface area contributed by atoms with Crippen LogP contribution in [0, 0.1) is 6.92 Å². The van der Waals surface area contributed by atoms with Gasteiger partial charge in [-0.05, 0) is 52.7 Å². The van der Waals surface area contributed by atoms with Gasteiger partial charge < -0.3 is 0 Å². The maximum atomic E-state index is 4.43. The smallest absolute Gasteiger partial charge is 0.139 e. The first-order valence-electron chi connectivity index (χ1n) is 5.31. The molecule has 0 atom stereocenters. The van der Waals surface area contributed by atoms with E-state index in [1.807, 2.05) is 22.8 Å². The molecule has 0 amide bonds. The van der Waals surface area contributed by atoms with Crippen LogP contribution in [0.5, 0.6) is 0 Å². The summed E-state index contributed by atoms with van der Waals surface area (Å²) in [7, 11) is 0. The summed E-state index contributed by atoms with van der Waals surface area (Å²) in [5.74, 6) is 0.866. The number of hydrogen-bond acceptors (Lipinski definition) is 2. The Bertz CT molecular complexity index is 688. The molecule has 3 nitrogen and oxygen atoms in total. The van der Waals surface area contributed by atoms with E-state index in [-0.39, 0.29) is 0 Å². The van der Waals surface area contributed by atoms with E-state index in [1.165, 1.54) is 5.56 Å². The molecule has 0 fully saturated rings. The molecular weight excluding hydrogens is 278 g/mol. The highest BCUT2D eigenvalue weighted by molar-refractivity contribution is 9.10. The minimum Gasteiger partial charge on any atom is -0.283 e. The van der Waals surface area contributed by atoms with Crippen LogP contribution in [0.3, 0.4) is 0 Å². The molecule has 2 heterocycles. The van der Waals surface area contributed by atoms with Crippen molar-refractivity contribution in [1.29, 1.82) is 0 Å². The molecular formula is C13H10BrN3. The summed E-state index contributed by atoms with van der Waals surface area (Å²) >= 11 is 3.38. The van der Waals surface area contributed by atoms with Gasteiger partial charge in [0.1, 0.15) is 16.7 Å². The summed E-state index contributed by atoms with van der Waals surface area (Å²) in [6.45, 7) is 2.07. The van der Waals surface area contributed by atoms with Gasteiger partial charge in [0.15, 0.2) is 0 Å². The molecule has 0 unspecified atom stereocenters. The lowest BCUT2D eigenvalue weighted by Crippen LogP contribution is -1.95. The van der Waals surface area contributed by atoms with Gasteiger partial charge in [0.25, 0.3) is 0 Å².